The fourth-order valence-corrected chi connectivity index (χ4v) is 3.87. The minimum absolute atomic E-state index is 0.736. The molecule has 0 radical (unpaired) electrons. The van der Waals surface area contributed by atoms with Gasteiger partial charge in [-0.2, -0.15) is 0 Å². The molecule has 1 heterocycles. The lowest BCUT2D eigenvalue weighted by Gasteiger charge is -2.41. The van der Waals surface area contributed by atoms with Crippen LogP contribution < -0.4 is 5.32 Å². The minimum Gasteiger partial charge on any atom is -0.314 e. The Balaban J connectivity index is 1.49. The number of likely N-dealkylation sites (tertiary alicyclic amines) is 1. The predicted molar refractivity (Wildman–Crippen MR) is 85.2 cm³/mol. The molecule has 110 valence electrons. The third kappa shape index (κ3) is 2.91. The average molecular weight is 272 g/mol. The Morgan fingerprint density at radius 1 is 1.30 bits per heavy atom. The Bertz CT molecular complexity index is 443. The number of fused-ring (bicyclic) bond motifs is 1. The quantitative estimate of drug-likeness (QED) is 0.886. The van der Waals surface area contributed by atoms with E-state index >= 15 is 0 Å². The number of hydrogen-bond donors (Lipinski definition) is 1. The van der Waals surface area contributed by atoms with Crippen molar-refractivity contribution in [3.05, 3.63) is 35.4 Å². The highest BCUT2D eigenvalue weighted by Crippen LogP contribution is 2.36. The molecule has 0 bridgehead atoms. The second-order valence-electron chi connectivity index (χ2n) is 6.69. The molecule has 2 heteroatoms. The normalized spacial score (nSPS) is 29.8. The van der Waals surface area contributed by atoms with E-state index in [9.17, 15) is 0 Å². The van der Waals surface area contributed by atoms with E-state index in [1.54, 1.807) is 11.1 Å². The summed E-state index contributed by atoms with van der Waals surface area (Å²) in [5.41, 5.74) is 3.18. The molecule has 3 rings (SSSR count). The highest BCUT2D eigenvalue weighted by atomic mass is 15.2. The number of benzene rings is 1. The van der Waals surface area contributed by atoms with Crippen LogP contribution in [0.5, 0.6) is 0 Å². The van der Waals surface area contributed by atoms with Crippen molar-refractivity contribution in [3.8, 4) is 0 Å². The van der Waals surface area contributed by atoms with E-state index in [-0.39, 0.29) is 0 Å². The van der Waals surface area contributed by atoms with Crippen LogP contribution in [0.15, 0.2) is 24.3 Å². The van der Waals surface area contributed by atoms with E-state index in [1.807, 2.05) is 0 Å². The summed E-state index contributed by atoms with van der Waals surface area (Å²) in [6.45, 7) is 9.63. The first-order valence-corrected chi connectivity index (χ1v) is 8.31. The molecule has 1 N–H and O–H groups in total. The fourth-order valence-electron chi connectivity index (χ4n) is 3.87. The lowest BCUT2D eigenvalue weighted by molar-refractivity contribution is 0.137. The van der Waals surface area contributed by atoms with Gasteiger partial charge in [0, 0.05) is 25.0 Å². The van der Waals surface area contributed by atoms with Crippen LogP contribution in [-0.4, -0.2) is 37.1 Å². The maximum absolute atomic E-state index is 3.71. The van der Waals surface area contributed by atoms with Crippen LogP contribution in [0.3, 0.4) is 0 Å². The van der Waals surface area contributed by atoms with Gasteiger partial charge in [-0.25, -0.2) is 0 Å². The third-order valence-electron chi connectivity index (χ3n) is 5.09. The Labute approximate surface area is 123 Å². The van der Waals surface area contributed by atoms with Gasteiger partial charge in [-0.1, -0.05) is 38.1 Å². The first kappa shape index (κ1) is 14.1. The zero-order valence-electron chi connectivity index (χ0n) is 12.9. The van der Waals surface area contributed by atoms with Crippen molar-refractivity contribution in [1.29, 1.82) is 0 Å². The summed E-state index contributed by atoms with van der Waals surface area (Å²) in [5.74, 6) is 1.57. The molecule has 2 nitrogen and oxygen atoms in total. The van der Waals surface area contributed by atoms with Crippen LogP contribution in [0.4, 0.5) is 0 Å². The van der Waals surface area contributed by atoms with E-state index in [0.29, 0.717) is 0 Å². The molecule has 20 heavy (non-hydrogen) atoms. The van der Waals surface area contributed by atoms with Crippen LogP contribution in [0, 0.1) is 5.92 Å². The Hall–Kier alpha value is -0.860. The summed E-state index contributed by atoms with van der Waals surface area (Å²) in [6, 6.07) is 9.70. The molecule has 1 aliphatic heterocycles. The number of piperidine rings is 1. The van der Waals surface area contributed by atoms with Crippen LogP contribution >= 0.6 is 0 Å². The van der Waals surface area contributed by atoms with Gasteiger partial charge in [0.05, 0.1) is 0 Å². The first-order chi connectivity index (χ1) is 9.78. The van der Waals surface area contributed by atoms with E-state index in [2.05, 4.69) is 48.3 Å². The summed E-state index contributed by atoms with van der Waals surface area (Å²) < 4.78 is 0. The summed E-state index contributed by atoms with van der Waals surface area (Å²) in [5, 5.41) is 3.71. The van der Waals surface area contributed by atoms with Crippen molar-refractivity contribution in [2.75, 3.05) is 26.2 Å². The van der Waals surface area contributed by atoms with Crippen LogP contribution in [0.1, 0.15) is 43.7 Å². The minimum atomic E-state index is 0.736. The third-order valence-corrected chi connectivity index (χ3v) is 5.09. The van der Waals surface area contributed by atoms with Gasteiger partial charge in [-0.3, -0.25) is 0 Å². The van der Waals surface area contributed by atoms with E-state index < -0.39 is 0 Å². The van der Waals surface area contributed by atoms with Crippen LogP contribution in [0.25, 0.3) is 0 Å². The average Bonchev–Trinajstić information content (AvgIpc) is 2.44. The van der Waals surface area contributed by atoms with Crippen molar-refractivity contribution in [2.24, 2.45) is 5.92 Å². The zero-order valence-corrected chi connectivity index (χ0v) is 12.9. The van der Waals surface area contributed by atoms with E-state index in [4.69, 9.17) is 0 Å². The molecular formula is C18H28N2. The molecule has 3 atom stereocenters. The molecule has 1 saturated heterocycles. The summed E-state index contributed by atoms with van der Waals surface area (Å²) in [6.07, 6.45) is 3.85. The second kappa shape index (κ2) is 6.28. The molecule has 0 amide bonds. The van der Waals surface area contributed by atoms with Gasteiger partial charge in [0.25, 0.3) is 0 Å². The molecule has 0 spiro atoms. The van der Waals surface area contributed by atoms with Gasteiger partial charge in [-0.15, -0.1) is 0 Å². The molecular weight excluding hydrogens is 244 g/mol. The molecule has 3 unspecified atom stereocenters. The number of hydrogen-bond acceptors (Lipinski definition) is 2. The van der Waals surface area contributed by atoms with Crippen molar-refractivity contribution >= 4 is 0 Å². The smallest absolute Gasteiger partial charge is 0.0117 e. The number of rotatable bonds is 5. The number of nitrogens with zero attached hydrogens (tertiary/aromatic N) is 1. The standard InChI is InChI=1S/C18H28N2/c1-3-9-19-18-8-10-20(12-14(18)2)13-16-11-15-6-4-5-7-17(15)16/h4-7,14,16,18-19H,3,8-13H2,1-2H3. The maximum Gasteiger partial charge on any atom is 0.0117 e. The molecule has 1 aliphatic carbocycles. The Morgan fingerprint density at radius 3 is 2.90 bits per heavy atom. The molecule has 1 fully saturated rings. The summed E-state index contributed by atoms with van der Waals surface area (Å²) in [4.78, 5) is 2.69. The lowest BCUT2D eigenvalue weighted by Crippen LogP contribution is -2.49. The molecule has 0 saturated carbocycles. The number of nitrogens with one attached hydrogen (secondary N) is 1. The van der Waals surface area contributed by atoms with Crippen molar-refractivity contribution in [2.45, 2.75) is 45.1 Å². The first-order valence-electron chi connectivity index (χ1n) is 8.31. The Kier molecular flexibility index (Phi) is 4.42. The van der Waals surface area contributed by atoms with Gasteiger partial charge in [0.1, 0.15) is 0 Å². The largest absolute Gasteiger partial charge is 0.314 e. The summed E-state index contributed by atoms with van der Waals surface area (Å²) >= 11 is 0. The topological polar surface area (TPSA) is 15.3 Å². The van der Waals surface area contributed by atoms with Crippen LogP contribution in [0.2, 0.25) is 0 Å². The maximum atomic E-state index is 3.71. The van der Waals surface area contributed by atoms with Gasteiger partial charge < -0.3 is 10.2 Å². The van der Waals surface area contributed by atoms with Gasteiger partial charge in [-0.05, 0) is 49.4 Å². The molecule has 1 aromatic rings. The molecule has 1 aromatic carbocycles. The van der Waals surface area contributed by atoms with E-state index in [0.717, 1.165) is 17.9 Å². The SMILES string of the molecule is CCCNC1CCN(CC2Cc3ccccc32)CC1C. The Morgan fingerprint density at radius 2 is 2.15 bits per heavy atom. The summed E-state index contributed by atoms with van der Waals surface area (Å²) in [7, 11) is 0. The van der Waals surface area contributed by atoms with Crippen molar-refractivity contribution in [1.82, 2.24) is 10.2 Å². The van der Waals surface area contributed by atoms with Gasteiger partial charge in [0.2, 0.25) is 0 Å². The van der Waals surface area contributed by atoms with E-state index in [1.165, 1.54) is 45.4 Å². The van der Waals surface area contributed by atoms with Crippen molar-refractivity contribution in [3.63, 3.8) is 0 Å². The second-order valence-corrected chi connectivity index (χ2v) is 6.69. The van der Waals surface area contributed by atoms with Crippen LogP contribution in [-0.2, 0) is 6.42 Å². The van der Waals surface area contributed by atoms with Gasteiger partial charge >= 0.3 is 0 Å². The lowest BCUT2D eigenvalue weighted by atomic mass is 9.77. The molecule has 0 aromatic heterocycles. The predicted octanol–water partition coefficient (Wildman–Crippen LogP) is 3.04. The molecule has 2 aliphatic rings. The fraction of sp³-hybridized carbons (Fsp3) is 0.667. The van der Waals surface area contributed by atoms with Crippen molar-refractivity contribution < 1.29 is 0 Å². The highest BCUT2D eigenvalue weighted by molar-refractivity contribution is 5.40. The monoisotopic (exact) mass is 272 g/mol. The zero-order chi connectivity index (χ0) is 13.9. The van der Waals surface area contributed by atoms with Gasteiger partial charge in [0.15, 0.2) is 0 Å². The highest BCUT2D eigenvalue weighted by Gasteiger charge is 2.31.